The van der Waals surface area contributed by atoms with Crippen molar-refractivity contribution in [2.45, 2.75) is 30.7 Å². The molecule has 0 saturated heterocycles. The van der Waals surface area contributed by atoms with E-state index in [9.17, 15) is 9.59 Å². The van der Waals surface area contributed by atoms with Gasteiger partial charge in [-0.3, -0.25) is 9.59 Å². The third-order valence-electron chi connectivity index (χ3n) is 5.59. The van der Waals surface area contributed by atoms with Crippen LogP contribution in [-0.4, -0.2) is 33.5 Å². The highest BCUT2D eigenvalue weighted by molar-refractivity contribution is 7.98. The van der Waals surface area contributed by atoms with Gasteiger partial charge in [-0.05, 0) is 60.9 Å². The molecule has 0 unspecified atom stereocenters. The second kappa shape index (κ2) is 11.1. The molecule has 0 heterocycles. The number of fused-ring (bicyclic) bond motifs is 3. The molecule has 0 spiro atoms. The lowest BCUT2D eigenvalue weighted by Gasteiger charge is -2.19. The lowest BCUT2D eigenvalue weighted by molar-refractivity contribution is -0.117. The maximum absolute atomic E-state index is 12.9. The maximum Gasteiger partial charge on any atom is 0.244 e. The number of nitrogens with one attached hydrogen (secondary N) is 1. The molecular weight excluding hydrogens is 438 g/mol. The van der Waals surface area contributed by atoms with Crippen molar-refractivity contribution in [3.8, 4) is 28.4 Å². The molecule has 7 heteroatoms. The summed E-state index contributed by atoms with van der Waals surface area (Å²) in [5.74, 6) is 1.38. The largest absolute Gasteiger partial charge is 0.493 e. The molecule has 1 atom stereocenters. The van der Waals surface area contributed by atoms with E-state index in [0.717, 1.165) is 22.3 Å². The van der Waals surface area contributed by atoms with E-state index in [2.05, 4.69) is 5.32 Å². The number of carbonyl (C=O) groups is 1. The van der Waals surface area contributed by atoms with Gasteiger partial charge in [0, 0.05) is 11.6 Å². The van der Waals surface area contributed by atoms with Gasteiger partial charge in [0.15, 0.2) is 16.9 Å². The average Bonchev–Trinajstić information content (AvgIpc) is 3.06. The van der Waals surface area contributed by atoms with E-state index in [1.54, 1.807) is 39.5 Å². The van der Waals surface area contributed by atoms with Crippen molar-refractivity contribution in [3.05, 3.63) is 69.9 Å². The van der Waals surface area contributed by atoms with Crippen LogP contribution in [0.1, 0.15) is 30.5 Å². The molecule has 33 heavy (non-hydrogen) atoms. The average molecular weight is 468 g/mol. The fraction of sp³-hybridized carbons (Fsp3) is 0.308. The van der Waals surface area contributed by atoms with Gasteiger partial charge in [-0.1, -0.05) is 24.3 Å². The number of thioether (sulfide) groups is 1. The zero-order valence-corrected chi connectivity index (χ0v) is 20.4. The Balaban J connectivity index is 2.28. The Hall–Kier alpha value is -3.19. The second-order valence-corrected chi connectivity index (χ2v) is 8.29. The molecule has 1 amide bonds. The van der Waals surface area contributed by atoms with E-state index in [1.165, 1.54) is 17.8 Å². The minimum absolute atomic E-state index is 0.0876. The molecule has 174 valence electrons. The first-order valence-corrected chi connectivity index (χ1v) is 11.9. The number of carbonyl (C=O) groups excluding carboxylic acids is 1. The minimum Gasteiger partial charge on any atom is -0.493 e. The van der Waals surface area contributed by atoms with E-state index in [4.69, 9.17) is 14.2 Å². The van der Waals surface area contributed by atoms with E-state index >= 15 is 0 Å². The van der Waals surface area contributed by atoms with Crippen LogP contribution in [0.15, 0.2) is 58.3 Å². The summed E-state index contributed by atoms with van der Waals surface area (Å²) in [6.07, 6.45) is 9.95. The number of benzene rings is 1. The summed E-state index contributed by atoms with van der Waals surface area (Å²) in [5, 5.41) is 3.07. The standard InChI is InChI=1S/C26H29NO5S/c1-6-7-8-9-23(29)27-19-12-10-16-14-21(30-2)25(31-3)26(32-4)24(16)17-11-13-22(33-5)20(28)15-18(17)19/h6-9,11,13-15,19H,10,12H2,1-5H3,(H,27,29)/b7-6+,9-8+/t19-/m0/s1. The van der Waals surface area contributed by atoms with Crippen LogP contribution in [0.5, 0.6) is 17.2 Å². The first-order chi connectivity index (χ1) is 16.0. The Morgan fingerprint density at radius 3 is 2.48 bits per heavy atom. The van der Waals surface area contributed by atoms with Crippen molar-refractivity contribution in [1.29, 1.82) is 0 Å². The Kier molecular flexibility index (Phi) is 8.22. The Bertz CT molecular complexity index is 1160. The van der Waals surface area contributed by atoms with Gasteiger partial charge in [-0.25, -0.2) is 0 Å². The number of allylic oxidation sites excluding steroid dienone is 3. The molecule has 3 rings (SSSR count). The molecule has 1 N–H and O–H groups in total. The van der Waals surface area contributed by atoms with Crippen LogP contribution in [-0.2, 0) is 11.2 Å². The second-order valence-electron chi connectivity index (χ2n) is 7.44. The summed E-state index contributed by atoms with van der Waals surface area (Å²) in [4.78, 5) is 26.2. The minimum atomic E-state index is -0.355. The molecule has 0 bridgehead atoms. The van der Waals surface area contributed by atoms with Gasteiger partial charge >= 0.3 is 0 Å². The van der Waals surface area contributed by atoms with E-state index < -0.39 is 0 Å². The summed E-state index contributed by atoms with van der Waals surface area (Å²) in [6, 6.07) is 6.97. The number of hydrogen-bond acceptors (Lipinski definition) is 6. The number of rotatable bonds is 7. The van der Waals surface area contributed by atoms with Gasteiger partial charge in [-0.15, -0.1) is 11.8 Å². The van der Waals surface area contributed by atoms with Crippen molar-refractivity contribution in [2.75, 3.05) is 27.6 Å². The van der Waals surface area contributed by atoms with Crippen LogP contribution < -0.4 is 25.0 Å². The molecule has 0 aliphatic heterocycles. The van der Waals surface area contributed by atoms with Crippen molar-refractivity contribution in [2.24, 2.45) is 0 Å². The molecule has 6 nitrogen and oxygen atoms in total. The molecule has 0 fully saturated rings. The summed E-state index contributed by atoms with van der Waals surface area (Å²) in [7, 11) is 4.74. The molecule has 1 aliphatic rings. The summed E-state index contributed by atoms with van der Waals surface area (Å²) in [6.45, 7) is 1.88. The molecular formula is C26H29NO5S. The van der Waals surface area contributed by atoms with Crippen LogP contribution in [0.3, 0.4) is 0 Å². The molecule has 0 radical (unpaired) electrons. The Morgan fingerprint density at radius 1 is 1.09 bits per heavy atom. The number of ether oxygens (including phenoxy) is 3. The third kappa shape index (κ3) is 5.09. The van der Waals surface area contributed by atoms with Crippen molar-refractivity contribution in [3.63, 3.8) is 0 Å². The van der Waals surface area contributed by atoms with Gasteiger partial charge in [0.1, 0.15) is 0 Å². The monoisotopic (exact) mass is 467 g/mol. The van der Waals surface area contributed by atoms with Gasteiger partial charge in [0.25, 0.3) is 0 Å². The van der Waals surface area contributed by atoms with Gasteiger partial charge < -0.3 is 19.5 Å². The number of amides is 1. The highest BCUT2D eigenvalue weighted by Gasteiger charge is 2.29. The Morgan fingerprint density at radius 2 is 1.85 bits per heavy atom. The van der Waals surface area contributed by atoms with Gasteiger partial charge in [0.05, 0.1) is 32.3 Å². The first kappa shape index (κ1) is 24.5. The van der Waals surface area contributed by atoms with Crippen LogP contribution in [0.2, 0.25) is 0 Å². The fourth-order valence-electron chi connectivity index (χ4n) is 4.09. The SMILES string of the molecule is C/C=C/C=C/C(=O)N[C@H]1CCc2cc(OC)c(OC)c(OC)c2-c2ccc(SC)c(=O)cc21. The number of methoxy groups -OCH3 is 3. The van der Waals surface area contributed by atoms with Crippen LogP contribution in [0.25, 0.3) is 11.1 Å². The van der Waals surface area contributed by atoms with E-state index in [1.807, 2.05) is 37.5 Å². The van der Waals surface area contributed by atoms with Crippen LogP contribution >= 0.6 is 11.8 Å². The zero-order valence-electron chi connectivity index (χ0n) is 19.6. The topological polar surface area (TPSA) is 73.9 Å². The van der Waals surface area contributed by atoms with Crippen molar-refractivity contribution in [1.82, 2.24) is 5.32 Å². The normalized spacial score (nSPS) is 15.0. The van der Waals surface area contributed by atoms with Crippen LogP contribution in [0.4, 0.5) is 0 Å². The zero-order chi connectivity index (χ0) is 24.0. The third-order valence-corrected chi connectivity index (χ3v) is 6.37. The maximum atomic E-state index is 12.9. The van der Waals surface area contributed by atoms with Gasteiger partial charge in [0.2, 0.25) is 11.7 Å². The Labute approximate surface area is 198 Å². The summed E-state index contributed by atoms with van der Waals surface area (Å²) >= 11 is 1.39. The summed E-state index contributed by atoms with van der Waals surface area (Å²) in [5.41, 5.74) is 3.32. The van der Waals surface area contributed by atoms with Crippen molar-refractivity contribution >= 4 is 17.7 Å². The lowest BCUT2D eigenvalue weighted by atomic mass is 9.95. The molecule has 1 aliphatic carbocycles. The summed E-state index contributed by atoms with van der Waals surface area (Å²) < 4.78 is 17.0. The number of aryl methyl sites for hydroxylation is 1. The van der Waals surface area contributed by atoms with E-state index in [-0.39, 0.29) is 17.4 Å². The lowest BCUT2D eigenvalue weighted by Crippen LogP contribution is -2.27. The van der Waals surface area contributed by atoms with Crippen molar-refractivity contribution < 1.29 is 19.0 Å². The molecule has 2 aromatic rings. The fourth-order valence-corrected chi connectivity index (χ4v) is 4.55. The smallest absolute Gasteiger partial charge is 0.244 e. The molecule has 0 aromatic heterocycles. The van der Waals surface area contributed by atoms with Crippen LogP contribution in [0, 0.1) is 0 Å². The predicted octanol–water partition coefficient (Wildman–Crippen LogP) is 4.70. The molecule has 2 aromatic carbocycles. The molecule has 0 saturated carbocycles. The van der Waals surface area contributed by atoms with Gasteiger partial charge in [-0.2, -0.15) is 0 Å². The first-order valence-electron chi connectivity index (χ1n) is 10.6. The predicted molar refractivity (Wildman–Crippen MR) is 133 cm³/mol. The highest BCUT2D eigenvalue weighted by Crippen LogP contribution is 2.50. The van der Waals surface area contributed by atoms with E-state index in [0.29, 0.717) is 35.0 Å². The quantitative estimate of drug-likeness (QED) is 0.362. The number of hydrogen-bond donors (Lipinski definition) is 1. The highest BCUT2D eigenvalue weighted by atomic mass is 32.2.